The molecule has 1 aliphatic carbocycles. The van der Waals surface area contributed by atoms with Gasteiger partial charge >= 0.3 is 17.8 Å². The van der Waals surface area contributed by atoms with E-state index in [-0.39, 0.29) is 24.3 Å². The lowest BCUT2D eigenvalue weighted by molar-refractivity contribution is -0.144. The molecule has 0 spiro atoms. The zero-order chi connectivity index (χ0) is 19.0. The second-order valence-corrected chi connectivity index (χ2v) is 6.50. The average Bonchev–Trinajstić information content (AvgIpc) is 3.41. The third-order valence-electron chi connectivity index (χ3n) is 4.88. The maximum atomic E-state index is 12.6. The summed E-state index contributed by atoms with van der Waals surface area (Å²) in [6, 6.07) is 6.33. The molecule has 140 valence electrons. The molecule has 2 heterocycles. The number of ether oxygens (including phenoxy) is 1. The van der Waals surface area contributed by atoms with Crippen molar-refractivity contribution in [1.82, 2.24) is 19.9 Å². The van der Waals surface area contributed by atoms with Crippen LogP contribution in [0.3, 0.4) is 0 Å². The third kappa shape index (κ3) is 2.94. The molecule has 4 rings (SSSR count). The summed E-state index contributed by atoms with van der Waals surface area (Å²) in [5.41, 5.74) is 0.623. The number of methoxy groups -OCH3 is 1. The van der Waals surface area contributed by atoms with Gasteiger partial charge in [-0.15, -0.1) is 0 Å². The van der Waals surface area contributed by atoms with Crippen molar-refractivity contribution in [1.29, 1.82) is 0 Å². The molecule has 1 aromatic heterocycles. The highest BCUT2D eigenvalue weighted by Crippen LogP contribution is 2.30. The first-order valence-corrected chi connectivity index (χ1v) is 8.75. The number of urea groups is 1. The van der Waals surface area contributed by atoms with Crippen molar-refractivity contribution < 1.29 is 23.6 Å². The van der Waals surface area contributed by atoms with Crippen LogP contribution in [0.4, 0.5) is 4.79 Å². The van der Waals surface area contributed by atoms with Crippen LogP contribution in [-0.4, -0.2) is 50.9 Å². The molecule has 2 fully saturated rings. The number of hydrogen-bond donors (Lipinski definition) is 0. The number of amides is 4. The summed E-state index contributed by atoms with van der Waals surface area (Å²) in [7, 11) is 1.53. The number of para-hydroxylation sites is 1. The minimum atomic E-state index is -0.857. The fourth-order valence-corrected chi connectivity index (χ4v) is 3.54. The molecule has 0 unspecified atom stereocenters. The number of nitrogens with zero attached hydrogens (tertiary/aromatic N) is 4. The van der Waals surface area contributed by atoms with E-state index in [1.807, 2.05) is 6.07 Å². The second kappa shape index (κ2) is 6.82. The van der Waals surface area contributed by atoms with E-state index in [1.165, 1.54) is 7.11 Å². The summed E-state index contributed by atoms with van der Waals surface area (Å²) in [5.74, 6) is -0.722. The van der Waals surface area contributed by atoms with Crippen molar-refractivity contribution in [3.63, 3.8) is 0 Å². The van der Waals surface area contributed by atoms with E-state index in [1.54, 1.807) is 18.2 Å². The highest BCUT2D eigenvalue weighted by atomic mass is 16.5. The van der Waals surface area contributed by atoms with Gasteiger partial charge in [-0.05, 0) is 25.0 Å². The molecular formula is C18H18N4O5. The van der Waals surface area contributed by atoms with Gasteiger partial charge in [0, 0.05) is 6.04 Å². The topological polar surface area (TPSA) is 106 Å². The van der Waals surface area contributed by atoms with Crippen LogP contribution in [0.5, 0.6) is 5.75 Å². The van der Waals surface area contributed by atoms with Gasteiger partial charge in [0.2, 0.25) is 11.7 Å². The maximum Gasteiger partial charge on any atom is 0.334 e. The number of carbonyl (C=O) groups excluding carboxylic acids is 3. The lowest BCUT2D eigenvalue weighted by atomic mass is 10.2. The van der Waals surface area contributed by atoms with Gasteiger partial charge < -0.3 is 9.26 Å². The van der Waals surface area contributed by atoms with Gasteiger partial charge in [-0.1, -0.05) is 30.1 Å². The predicted octanol–water partition coefficient (Wildman–Crippen LogP) is 1.98. The number of benzene rings is 1. The summed E-state index contributed by atoms with van der Waals surface area (Å²) >= 11 is 0. The summed E-state index contributed by atoms with van der Waals surface area (Å²) in [6.45, 7) is -0.241. The largest absolute Gasteiger partial charge is 0.496 e. The monoisotopic (exact) mass is 370 g/mol. The van der Waals surface area contributed by atoms with Crippen molar-refractivity contribution in [3.8, 4) is 17.1 Å². The molecule has 27 heavy (non-hydrogen) atoms. The van der Waals surface area contributed by atoms with Crippen LogP contribution in [-0.2, 0) is 16.1 Å². The molecule has 1 aliphatic heterocycles. The Morgan fingerprint density at radius 1 is 1.15 bits per heavy atom. The Bertz CT molecular complexity index is 903. The van der Waals surface area contributed by atoms with Gasteiger partial charge in [0.25, 0.3) is 0 Å². The summed E-state index contributed by atoms with van der Waals surface area (Å²) in [6.07, 6.45) is 3.36. The lowest BCUT2D eigenvalue weighted by Crippen LogP contribution is -2.39. The number of rotatable bonds is 5. The van der Waals surface area contributed by atoms with Gasteiger partial charge in [0.1, 0.15) is 12.3 Å². The maximum absolute atomic E-state index is 12.6. The van der Waals surface area contributed by atoms with Gasteiger partial charge in [-0.25, -0.2) is 9.69 Å². The molecule has 0 bridgehead atoms. The molecule has 4 amide bonds. The van der Waals surface area contributed by atoms with Crippen molar-refractivity contribution in [2.75, 3.05) is 7.11 Å². The molecule has 9 nitrogen and oxygen atoms in total. The quantitative estimate of drug-likeness (QED) is 0.585. The minimum absolute atomic E-state index is 0.0682. The molecule has 1 saturated heterocycles. The first-order chi connectivity index (χ1) is 13.1. The fraction of sp³-hybridized carbons (Fsp3) is 0.389. The Hall–Kier alpha value is -3.23. The number of carbonyl (C=O) groups is 3. The summed E-state index contributed by atoms with van der Waals surface area (Å²) < 4.78 is 10.5. The summed E-state index contributed by atoms with van der Waals surface area (Å²) in [5, 5.41) is 3.89. The normalized spacial score (nSPS) is 18.0. The first-order valence-electron chi connectivity index (χ1n) is 8.75. The van der Waals surface area contributed by atoms with Gasteiger partial charge in [0.15, 0.2) is 0 Å². The van der Waals surface area contributed by atoms with E-state index < -0.39 is 17.8 Å². The highest BCUT2D eigenvalue weighted by Gasteiger charge is 2.48. The van der Waals surface area contributed by atoms with E-state index in [2.05, 4.69) is 10.1 Å². The Kier molecular flexibility index (Phi) is 4.35. The van der Waals surface area contributed by atoms with Crippen molar-refractivity contribution in [2.45, 2.75) is 38.3 Å². The summed E-state index contributed by atoms with van der Waals surface area (Å²) in [4.78, 5) is 43.3. The van der Waals surface area contributed by atoms with Crippen LogP contribution in [0.1, 0.15) is 31.6 Å². The van der Waals surface area contributed by atoms with Gasteiger partial charge in [0.05, 0.1) is 12.7 Å². The van der Waals surface area contributed by atoms with E-state index in [0.717, 1.165) is 35.5 Å². The SMILES string of the molecule is COc1ccccc1-c1noc(CN2C(=O)C(=O)N(C3CCCC3)C2=O)n1. The predicted molar refractivity (Wildman–Crippen MR) is 91.3 cm³/mol. The number of aromatic nitrogens is 2. The second-order valence-electron chi connectivity index (χ2n) is 6.50. The number of hydrogen-bond acceptors (Lipinski definition) is 7. The Morgan fingerprint density at radius 3 is 2.63 bits per heavy atom. The van der Waals surface area contributed by atoms with Crippen LogP contribution in [0.2, 0.25) is 0 Å². The molecule has 2 aromatic rings. The average molecular weight is 370 g/mol. The molecule has 2 aliphatic rings. The molecule has 0 N–H and O–H groups in total. The van der Waals surface area contributed by atoms with E-state index in [0.29, 0.717) is 11.3 Å². The molecule has 1 saturated carbocycles. The van der Waals surface area contributed by atoms with Crippen LogP contribution < -0.4 is 4.74 Å². The Labute approximate surface area is 154 Å². The van der Waals surface area contributed by atoms with Gasteiger partial charge in [-0.3, -0.25) is 14.5 Å². The van der Waals surface area contributed by atoms with Crippen molar-refractivity contribution >= 4 is 17.8 Å². The van der Waals surface area contributed by atoms with Crippen molar-refractivity contribution in [2.24, 2.45) is 0 Å². The van der Waals surface area contributed by atoms with Crippen LogP contribution in [0.15, 0.2) is 28.8 Å². The first kappa shape index (κ1) is 17.2. The Balaban J connectivity index is 1.54. The Morgan fingerprint density at radius 2 is 1.89 bits per heavy atom. The smallest absolute Gasteiger partial charge is 0.334 e. The zero-order valence-electron chi connectivity index (χ0n) is 14.8. The van der Waals surface area contributed by atoms with Crippen LogP contribution in [0, 0.1) is 0 Å². The molecule has 1 aromatic carbocycles. The number of imide groups is 2. The van der Waals surface area contributed by atoms with E-state index in [9.17, 15) is 14.4 Å². The molecule has 9 heteroatoms. The minimum Gasteiger partial charge on any atom is -0.496 e. The standard InChI is InChI=1S/C18H18N4O5/c1-26-13-9-5-4-8-12(13)15-19-14(27-20-15)10-21-16(23)17(24)22(18(21)25)11-6-2-3-7-11/h4-5,8-9,11H,2-3,6-7,10H2,1H3. The molecule has 0 radical (unpaired) electrons. The van der Waals surface area contributed by atoms with Gasteiger partial charge in [-0.2, -0.15) is 4.98 Å². The van der Waals surface area contributed by atoms with E-state index in [4.69, 9.17) is 9.26 Å². The zero-order valence-corrected chi connectivity index (χ0v) is 14.8. The molecule has 0 atom stereocenters. The van der Waals surface area contributed by atoms with Crippen molar-refractivity contribution in [3.05, 3.63) is 30.2 Å². The van der Waals surface area contributed by atoms with Crippen LogP contribution >= 0.6 is 0 Å². The fourth-order valence-electron chi connectivity index (χ4n) is 3.54. The highest BCUT2D eigenvalue weighted by molar-refractivity contribution is 6.44. The lowest BCUT2D eigenvalue weighted by Gasteiger charge is -2.20. The van der Waals surface area contributed by atoms with E-state index >= 15 is 0 Å². The third-order valence-corrected chi connectivity index (χ3v) is 4.88. The van der Waals surface area contributed by atoms with Crippen LogP contribution in [0.25, 0.3) is 11.4 Å². The molecular weight excluding hydrogens is 352 g/mol.